The molecule has 1 atom stereocenters. The molecule has 0 bridgehead atoms. The van der Waals surface area contributed by atoms with Crippen LogP contribution in [0.4, 0.5) is 26.3 Å². The zero-order valence-electron chi connectivity index (χ0n) is 17.5. The van der Waals surface area contributed by atoms with Crippen LogP contribution in [-0.2, 0) is 4.79 Å². The van der Waals surface area contributed by atoms with Crippen LogP contribution < -0.4 is 14.2 Å². The van der Waals surface area contributed by atoms with Gasteiger partial charge in [0.25, 0.3) is 0 Å². The number of hydrogen-bond donors (Lipinski definition) is 0. The van der Waals surface area contributed by atoms with Gasteiger partial charge in [-0.3, -0.25) is 4.79 Å². The van der Waals surface area contributed by atoms with Crippen molar-refractivity contribution in [3.63, 3.8) is 0 Å². The summed E-state index contributed by atoms with van der Waals surface area (Å²) >= 11 is 0. The van der Waals surface area contributed by atoms with E-state index < -0.39 is 58.5 Å². The van der Waals surface area contributed by atoms with E-state index in [1.54, 1.807) is 6.07 Å². The monoisotopic (exact) mass is 494 g/mol. The van der Waals surface area contributed by atoms with Crippen LogP contribution in [0.5, 0.6) is 17.2 Å². The second-order valence-electron chi connectivity index (χ2n) is 7.23. The molecule has 5 nitrogen and oxygen atoms in total. The fourth-order valence-corrected chi connectivity index (χ4v) is 3.09. The normalized spacial score (nSPS) is 14.5. The first-order valence-electron chi connectivity index (χ1n) is 9.80. The summed E-state index contributed by atoms with van der Waals surface area (Å²) in [5.41, 5.74) is 0.491. The Morgan fingerprint density at radius 3 is 2.23 bits per heavy atom. The molecule has 0 amide bonds. The van der Waals surface area contributed by atoms with E-state index in [0.717, 1.165) is 6.92 Å². The topological polar surface area (TPSA) is 61.8 Å². The first-order valence-corrected chi connectivity index (χ1v) is 9.80. The Morgan fingerprint density at radius 2 is 1.57 bits per heavy atom. The summed E-state index contributed by atoms with van der Waals surface area (Å²) in [6.45, 7) is 0.966. The second-order valence-corrected chi connectivity index (χ2v) is 7.23. The second kappa shape index (κ2) is 9.16. The lowest BCUT2D eigenvalue weighted by Crippen LogP contribution is -2.29. The van der Waals surface area contributed by atoms with Gasteiger partial charge in [0.15, 0.2) is 17.6 Å². The highest BCUT2D eigenvalue weighted by molar-refractivity contribution is 6.14. The van der Waals surface area contributed by atoms with E-state index in [4.69, 9.17) is 9.47 Å². The van der Waals surface area contributed by atoms with Gasteiger partial charge < -0.3 is 14.2 Å². The number of fused-ring (bicyclic) bond motifs is 1. The van der Waals surface area contributed by atoms with Gasteiger partial charge in [-0.25, -0.2) is 22.4 Å². The molecule has 11 heteroatoms. The van der Waals surface area contributed by atoms with E-state index in [0.29, 0.717) is 5.56 Å². The fourth-order valence-electron chi connectivity index (χ4n) is 3.09. The van der Waals surface area contributed by atoms with Crippen molar-refractivity contribution in [3.8, 4) is 17.2 Å². The summed E-state index contributed by atoms with van der Waals surface area (Å²) in [6, 6.07) is 9.08. The molecule has 0 N–H and O–H groups in total. The van der Waals surface area contributed by atoms with Gasteiger partial charge in [-0.1, -0.05) is 12.1 Å². The third kappa shape index (κ3) is 4.57. The fraction of sp³-hybridized carbons (Fsp3) is 0.0833. The van der Waals surface area contributed by atoms with E-state index in [9.17, 15) is 35.9 Å². The molecule has 1 aliphatic rings. The maximum absolute atomic E-state index is 13.8. The lowest BCUT2D eigenvalue weighted by atomic mass is 10.1. The third-order valence-electron chi connectivity index (χ3n) is 4.80. The number of carbonyl (C=O) groups is 2. The van der Waals surface area contributed by atoms with Gasteiger partial charge >= 0.3 is 5.97 Å². The van der Waals surface area contributed by atoms with Gasteiger partial charge in [0.05, 0.1) is 5.56 Å². The zero-order valence-corrected chi connectivity index (χ0v) is 17.5. The SMILES string of the molecule is CC(Oc1c(F)c(F)c(F)c(F)c1F)C(=O)Oc1ccc2c(c1)O/C(=C\c1cccc(F)c1)C2=O. The third-order valence-corrected chi connectivity index (χ3v) is 4.80. The lowest BCUT2D eigenvalue weighted by Gasteiger charge is -2.15. The summed E-state index contributed by atoms with van der Waals surface area (Å²) < 4.78 is 95.8. The van der Waals surface area contributed by atoms with Gasteiger partial charge in [-0.05, 0) is 42.8 Å². The molecule has 3 aromatic carbocycles. The molecule has 3 aromatic rings. The maximum Gasteiger partial charge on any atom is 0.352 e. The number of ether oxygens (including phenoxy) is 3. The molecule has 0 radical (unpaired) electrons. The first kappa shape index (κ1) is 23.9. The van der Waals surface area contributed by atoms with Crippen molar-refractivity contribution >= 4 is 17.8 Å². The minimum atomic E-state index is -2.37. The van der Waals surface area contributed by atoms with Crippen molar-refractivity contribution in [1.29, 1.82) is 0 Å². The first-order chi connectivity index (χ1) is 16.6. The summed E-state index contributed by atoms with van der Waals surface area (Å²) in [5.74, 6) is -15.5. The van der Waals surface area contributed by atoms with Crippen LogP contribution in [0.1, 0.15) is 22.8 Å². The molecule has 4 rings (SSSR count). The molecule has 0 aromatic heterocycles. The number of esters is 1. The maximum atomic E-state index is 13.8. The Kier molecular flexibility index (Phi) is 6.25. The van der Waals surface area contributed by atoms with Gasteiger partial charge in [0.2, 0.25) is 34.9 Å². The molecule has 180 valence electrons. The molecule has 1 heterocycles. The van der Waals surface area contributed by atoms with E-state index in [1.807, 2.05) is 0 Å². The number of ketones is 1. The van der Waals surface area contributed by atoms with Crippen LogP contribution in [0, 0.1) is 34.9 Å². The highest BCUT2D eigenvalue weighted by Crippen LogP contribution is 2.35. The number of hydrogen-bond acceptors (Lipinski definition) is 5. The zero-order chi connectivity index (χ0) is 25.4. The van der Waals surface area contributed by atoms with Crippen LogP contribution in [0.15, 0.2) is 48.2 Å². The number of Topliss-reactive ketones (excluding diaryl/α,β-unsaturated/α-hetero) is 1. The molecule has 35 heavy (non-hydrogen) atoms. The Labute approximate surface area is 193 Å². The van der Waals surface area contributed by atoms with E-state index in [2.05, 4.69) is 4.74 Å². The van der Waals surface area contributed by atoms with Crippen LogP contribution in [-0.4, -0.2) is 17.9 Å². The number of halogens is 6. The Hall–Kier alpha value is -4.28. The lowest BCUT2D eigenvalue weighted by molar-refractivity contribution is -0.141. The number of allylic oxidation sites excluding steroid dienone is 1. The van der Waals surface area contributed by atoms with Crippen molar-refractivity contribution in [3.05, 3.63) is 94.3 Å². The van der Waals surface area contributed by atoms with Crippen molar-refractivity contribution < 1.29 is 50.1 Å². The molecular formula is C24H12F6O5. The van der Waals surface area contributed by atoms with Crippen LogP contribution >= 0.6 is 0 Å². The smallest absolute Gasteiger partial charge is 0.352 e. The minimum Gasteiger partial charge on any atom is -0.473 e. The van der Waals surface area contributed by atoms with Gasteiger partial charge in [-0.2, -0.15) is 8.78 Å². The Balaban J connectivity index is 1.49. The van der Waals surface area contributed by atoms with Gasteiger partial charge in [-0.15, -0.1) is 0 Å². The highest BCUT2D eigenvalue weighted by atomic mass is 19.2. The average molecular weight is 494 g/mol. The van der Waals surface area contributed by atoms with Crippen molar-refractivity contribution in [1.82, 2.24) is 0 Å². The van der Waals surface area contributed by atoms with Crippen molar-refractivity contribution in [2.45, 2.75) is 13.0 Å². The number of benzene rings is 3. The minimum absolute atomic E-state index is 0.0105. The molecule has 0 aliphatic carbocycles. The molecule has 0 spiro atoms. The highest BCUT2D eigenvalue weighted by Gasteiger charge is 2.31. The molecular weight excluding hydrogens is 482 g/mol. The van der Waals surface area contributed by atoms with Gasteiger partial charge in [0, 0.05) is 6.07 Å². The summed E-state index contributed by atoms with van der Waals surface area (Å²) in [5, 5.41) is 0. The quantitative estimate of drug-likeness (QED) is 0.117. The predicted octanol–water partition coefficient (Wildman–Crippen LogP) is 5.51. The Bertz CT molecular complexity index is 1370. The summed E-state index contributed by atoms with van der Waals surface area (Å²) in [7, 11) is 0. The summed E-state index contributed by atoms with van der Waals surface area (Å²) in [6.07, 6.45) is -0.473. The largest absolute Gasteiger partial charge is 0.473 e. The van der Waals surface area contributed by atoms with Crippen molar-refractivity contribution in [2.75, 3.05) is 0 Å². The predicted molar refractivity (Wildman–Crippen MR) is 108 cm³/mol. The number of rotatable bonds is 5. The van der Waals surface area contributed by atoms with E-state index in [1.165, 1.54) is 42.5 Å². The van der Waals surface area contributed by atoms with E-state index >= 15 is 0 Å². The van der Waals surface area contributed by atoms with Crippen LogP contribution in [0.3, 0.4) is 0 Å². The summed E-state index contributed by atoms with van der Waals surface area (Å²) in [4.78, 5) is 24.8. The van der Waals surface area contributed by atoms with Crippen LogP contribution in [0.2, 0.25) is 0 Å². The average Bonchev–Trinajstić information content (AvgIpc) is 3.13. The van der Waals surface area contributed by atoms with Gasteiger partial charge in [0.1, 0.15) is 17.3 Å². The standard InChI is InChI=1S/C24H12F6O5/c1-10(33-23-20(29)18(27)17(26)19(28)21(23)30)24(32)34-13-5-6-14-15(9-13)35-16(22(14)31)8-11-3-2-4-12(25)7-11/h2-10H,1H3/b16-8-. The molecule has 0 fully saturated rings. The molecule has 0 saturated heterocycles. The molecule has 1 aliphatic heterocycles. The molecule has 0 saturated carbocycles. The molecule has 1 unspecified atom stereocenters. The number of carbonyl (C=O) groups excluding carboxylic acids is 2. The van der Waals surface area contributed by atoms with E-state index in [-0.39, 0.29) is 22.8 Å². The van der Waals surface area contributed by atoms with Crippen molar-refractivity contribution in [2.24, 2.45) is 0 Å². The Morgan fingerprint density at radius 1 is 0.914 bits per heavy atom. The van der Waals surface area contributed by atoms with Crippen LogP contribution in [0.25, 0.3) is 6.08 Å².